The number of imide groups is 1. The molecule has 2 aromatic carbocycles. The number of thioether (sulfide) groups is 1. The SMILES string of the molecule is N#Cc1ccccc1CN1C(=O)S/C(=C/c2cccn2-c2ccc(Br)cc2)C1=O. The summed E-state index contributed by atoms with van der Waals surface area (Å²) < 4.78 is 2.93. The van der Waals surface area contributed by atoms with Crippen LogP contribution in [0.3, 0.4) is 0 Å². The molecule has 1 aromatic heterocycles. The summed E-state index contributed by atoms with van der Waals surface area (Å²) in [5, 5.41) is 8.91. The molecule has 4 rings (SSSR count). The largest absolute Gasteiger partial charge is 0.317 e. The zero-order valence-electron chi connectivity index (χ0n) is 15.1. The molecule has 29 heavy (non-hydrogen) atoms. The second kappa shape index (κ2) is 8.11. The predicted molar refractivity (Wildman–Crippen MR) is 116 cm³/mol. The van der Waals surface area contributed by atoms with Crippen LogP contribution < -0.4 is 0 Å². The second-order valence-electron chi connectivity index (χ2n) is 6.32. The van der Waals surface area contributed by atoms with Gasteiger partial charge in [-0.3, -0.25) is 14.5 Å². The number of nitriles is 1. The first-order chi connectivity index (χ1) is 14.1. The Bertz CT molecular complexity index is 1180. The van der Waals surface area contributed by atoms with Crippen molar-refractivity contribution in [2.24, 2.45) is 0 Å². The number of halogens is 1. The van der Waals surface area contributed by atoms with Crippen LogP contribution >= 0.6 is 27.7 Å². The third kappa shape index (κ3) is 3.90. The van der Waals surface area contributed by atoms with Gasteiger partial charge in [-0.15, -0.1) is 0 Å². The van der Waals surface area contributed by atoms with Gasteiger partial charge in [0.1, 0.15) is 0 Å². The third-order valence-electron chi connectivity index (χ3n) is 4.50. The molecule has 1 aliphatic heterocycles. The van der Waals surface area contributed by atoms with Crippen LogP contribution in [0.4, 0.5) is 4.79 Å². The summed E-state index contributed by atoms with van der Waals surface area (Å²) in [4.78, 5) is 26.9. The summed E-state index contributed by atoms with van der Waals surface area (Å²) in [5.74, 6) is -0.351. The highest BCUT2D eigenvalue weighted by Crippen LogP contribution is 2.34. The van der Waals surface area contributed by atoms with Crippen LogP contribution in [0.2, 0.25) is 0 Å². The molecule has 0 saturated carbocycles. The number of rotatable bonds is 4. The van der Waals surface area contributed by atoms with E-state index in [0.717, 1.165) is 27.6 Å². The molecule has 0 atom stereocenters. The van der Waals surface area contributed by atoms with Crippen molar-refractivity contribution in [1.29, 1.82) is 5.26 Å². The summed E-state index contributed by atoms with van der Waals surface area (Å²) in [7, 11) is 0. The maximum atomic E-state index is 12.9. The van der Waals surface area contributed by atoms with Crippen LogP contribution in [-0.4, -0.2) is 20.6 Å². The molecule has 1 aliphatic rings. The monoisotopic (exact) mass is 463 g/mol. The fraction of sp³-hybridized carbons (Fsp3) is 0.0455. The van der Waals surface area contributed by atoms with Crippen LogP contribution in [0, 0.1) is 11.3 Å². The molecule has 0 N–H and O–H groups in total. The smallest absolute Gasteiger partial charge is 0.293 e. The maximum Gasteiger partial charge on any atom is 0.293 e. The molecular formula is C22H14BrN3O2S. The molecular weight excluding hydrogens is 450 g/mol. The van der Waals surface area contributed by atoms with E-state index in [9.17, 15) is 14.9 Å². The lowest BCUT2D eigenvalue weighted by Gasteiger charge is -2.13. The lowest BCUT2D eigenvalue weighted by molar-refractivity contribution is -0.123. The Balaban J connectivity index is 1.61. The highest BCUT2D eigenvalue weighted by molar-refractivity contribution is 9.10. The van der Waals surface area contributed by atoms with E-state index >= 15 is 0 Å². The molecule has 0 bridgehead atoms. The molecule has 0 unspecified atom stereocenters. The molecule has 0 aliphatic carbocycles. The van der Waals surface area contributed by atoms with E-state index in [1.54, 1.807) is 30.3 Å². The van der Waals surface area contributed by atoms with E-state index in [1.165, 1.54) is 4.90 Å². The van der Waals surface area contributed by atoms with E-state index in [0.29, 0.717) is 16.0 Å². The van der Waals surface area contributed by atoms with Gasteiger partial charge in [0.15, 0.2) is 0 Å². The summed E-state index contributed by atoms with van der Waals surface area (Å²) in [6.45, 7) is 0.0828. The molecule has 3 aromatic rings. The zero-order valence-corrected chi connectivity index (χ0v) is 17.5. The van der Waals surface area contributed by atoms with Crippen molar-refractivity contribution in [1.82, 2.24) is 9.47 Å². The highest BCUT2D eigenvalue weighted by atomic mass is 79.9. The average molecular weight is 464 g/mol. The first kappa shape index (κ1) is 19.2. The lowest BCUT2D eigenvalue weighted by atomic mass is 10.1. The van der Waals surface area contributed by atoms with Gasteiger partial charge >= 0.3 is 0 Å². The quantitative estimate of drug-likeness (QED) is 0.489. The number of carbonyl (C=O) groups is 2. The van der Waals surface area contributed by atoms with E-state index < -0.39 is 0 Å². The Labute approximate surface area is 180 Å². The average Bonchev–Trinajstić information content (AvgIpc) is 3.29. The molecule has 0 spiro atoms. The number of hydrogen-bond donors (Lipinski definition) is 0. The highest BCUT2D eigenvalue weighted by Gasteiger charge is 2.35. The molecule has 1 saturated heterocycles. The minimum Gasteiger partial charge on any atom is -0.317 e. The molecule has 0 radical (unpaired) electrons. The van der Waals surface area contributed by atoms with Gasteiger partial charge < -0.3 is 4.57 Å². The fourth-order valence-corrected chi connectivity index (χ4v) is 4.14. The molecule has 5 nitrogen and oxygen atoms in total. The summed E-state index contributed by atoms with van der Waals surface area (Å²) in [5.41, 5.74) is 2.86. The Kier molecular flexibility index (Phi) is 5.38. The van der Waals surface area contributed by atoms with Gasteiger partial charge in [-0.1, -0.05) is 34.1 Å². The number of amides is 2. The lowest BCUT2D eigenvalue weighted by Crippen LogP contribution is -2.27. The maximum absolute atomic E-state index is 12.9. The van der Waals surface area contributed by atoms with E-state index in [2.05, 4.69) is 22.0 Å². The van der Waals surface area contributed by atoms with Crippen LogP contribution in [0.15, 0.2) is 76.2 Å². The van der Waals surface area contributed by atoms with Gasteiger partial charge in [-0.05, 0) is 65.9 Å². The first-order valence-electron chi connectivity index (χ1n) is 8.73. The standard InChI is InChI=1S/C22H14BrN3O2S/c23-17-7-9-18(10-8-17)25-11-3-6-19(25)12-20-21(27)26(22(28)29-20)14-16-5-2-1-4-15(16)13-24/h1-12H,14H2/b20-12+. The fourth-order valence-electron chi connectivity index (χ4n) is 3.06. The molecule has 2 amide bonds. The van der Waals surface area contributed by atoms with Crippen molar-refractivity contribution in [3.05, 3.63) is 93.1 Å². The van der Waals surface area contributed by atoms with Crippen molar-refractivity contribution in [2.75, 3.05) is 0 Å². The zero-order chi connectivity index (χ0) is 20.4. The topological polar surface area (TPSA) is 66.1 Å². The number of benzene rings is 2. The van der Waals surface area contributed by atoms with Crippen LogP contribution in [0.1, 0.15) is 16.8 Å². The number of hydrogen-bond acceptors (Lipinski definition) is 4. The predicted octanol–water partition coefficient (Wildman–Crippen LogP) is 5.35. The summed E-state index contributed by atoms with van der Waals surface area (Å²) in [6, 6.07) is 20.7. The summed E-state index contributed by atoms with van der Waals surface area (Å²) in [6.07, 6.45) is 3.63. The molecule has 7 heteroatoms. The van der Waals surface area contributed by atoms with Gasteiger partial charge in [0.2, 0.25) is 0 Å². The van der Waals surface area contributed by atoms with Gasteiger partial charge in [-0.25, -0.2) is 0 Å². The number of carbonyl (C=O) groups excluding carboxylic acids is 2. The minimum atomic E-state index is -0.351. The van der Waals surface area contributed by atoms with Crippen molar-refractivity contribution in [2.45, 2.75) is 6.54 Å². The summed E-state index contributed by atoms with van der Waals surface area (Å²) >= 11 is 4.34. The number of nitrogens with zero attached hydrogens (tertiary/aromatic N) is 3. The molecule has 2 heterocycles. The van der Waals surface area contributed by atoms with Gasteiger partial charge in [0.05, 0.1) is 23.1 Å². The van der Waals surface area contributed by atoms with E-state index in [-0.39, 0.29) is 17.7 Å². The van der Waals surface area contributed by atoms with Crippen molar-refractivity contribution < 1.29 is 9.59 Å². The Morgan fingerprint density at radius 3 is 2.55 bits per heavy atom. The minimum absolute atomic E-state index is 0.0828. The van der Waals surface area contributed by atoms with E-state index in [4.69, 9.17) is 0 Å². The van der Waals surface area contributed by atoms with Gasteiger partial charge in [-0.2, -0.15) is 5.26 Å². The van der Waals surface area contributed by atoms with Crippen molar-refractivity contribution in [3.8, 4) is 11.8 Å². The second-order valence-corrected chi connectivity index (χ2v) is 8.23. The normalized spacial score (nSPS) is 15.2. The Morgan fingerprint density at radius 2 is 1.79 bits per heavy atom. The van der Waals surface area contributed by atoms with Crippen molar-refractivity contribution in [3.63, 3.8) is 0 Å². The Hall–Kier alpha value is -3.08. The van der Waals surface area contributed by atoms with Crippen LogP contribution in [-0.2, 0) is 11.3 Å². The van der Waals surface area contributed by atoms with Crippen LogP contribution in [0.25, 0.3) is 11.8 Å². The first-order valence-corrected chi connectivity index (χ1v) is 10.3. The molecule has 1 fully saturated rings. The van der Waals surface area contributed by atoms with E-state index in [1.807, 2.05) is 47.2 Å². The molecule has 142 valence electrons. The Morgan fingerprint density at radius 1 is 1.03 bits per heavy atom. The van der Waals surface area contributed by atoms with Crippen LogP contribution in [0.5, 0.6) is 0 Å². The third-order valence-corrected chi connectivity index (χ3v) is 5.94. The van der Waals surface area contributed by atoms with Gasteiger partial charge in [0.25, 0.3) is 11.1 Å². The van der Waals surface area contributed by atoms with Crippen molar-refractivity contribution >= 4 is 44.9 Å². The number of aromatic nitrogens is 1. The van der Waals surface area contributed by atoms with Gasteiger partial charge in [0, 0.05) is 22.1 Å².